The number of phenolic OH excluding ortho intramolecular Hbond substituents is 1. The van der Waals surface area contributed by atoms with E-state index < -0.39 is 0 Å². The molecule has 0 bridgehead atoms. The lowest BCUT2D eigenvalue weighted by atomic mass is 10.1. The zero-order chi connectivity index (χ0) is 19.8. The number of aromatic hydroxyl groups is 1. The number of thiophene rings is 1. The van der Waals surface area contributed by atoms with Gasteiger partial charge in [-0.25, -0.2) is 9.50 Å². The van der Waals surface area contributed by atoms with Crippen molar-refractivity contribution in [1.82, 2.24) is 14.6 Å². The maximum atomic E-state index is 12.9. The van der Waals surface area contributed by atoms with Gasteiger partial charge in [0.1, 0.15) is 5.75 Å². The van der Waals surface area contributed by atoms with Crippen LogP contribution in [0.4, 0.5) is 0 Å². The zero-order valence-electron chi connectivity index (χ0n) is 15.4. The maximum absolute atomic E-state index is 12.9. The molecule has 3 heterocycles. The van der Waals surface area contributed by atoms with Gasteiger partial charge < -0.3 is 5.11 Å². The minimum absolute atomic E-state index is 0.135. The summed E-state index contributed by atoms with van der Waals surface area (Å²) in [5, 5.41) is 14.8. The molecular weight excluding hydrogens is 382 g/mol. The molecule has 2 N–H and O–H groups in total. The van der Waals surface area contributed by atoms with Gasteiger partial charge in [0.25, 0.3) is 5.56 Å². The van der Waals surface area contributed by atoms with Crippen molar-refractivity contribution in [2.75, 3.05) is 0 Å². The summed E-state index contributed by atoms with van der Waals surface area (Å²) >= 11 is 1.63. The standard InChI is InChI=1S/C23H17N3O2S/c27-19-8-4-5-15(10-19)9-17-12-24-22-20(13-25-26(22)23(17)28)21-11-18(14-29-21)16-6-2-1-3-7-16/h1-8,10-14,25,27H,9H2. The Bertz CT molecular complexity index is 1370. The Morgan fingerprint density at radius 1 is 1.03 bits per heavy atom. The van der Waals surface area contributed by atoms with Crippen LogP contribution >= 0.6 is 11.3 Å². The van der Waals surface area contributed by atoms with Crippen LogP contribution in [0.2, 0.25) is 0 Å². The fourth-order valence-electron chi connectivity index (χ4n) is 3.44. The summed E-state index contributed by atoms with van der Waals surface area (Å²) in [5.74, 6) is 0.186. The van der Waals surface area contributed by atoms with Crippen LogP contribution in [0.1, 0.15) is 11.1 Å². The minimum Gasteiger partial charge on any atom is -0.508 e. The molecule has 142 valence electrons. The third-order valence-corrected chi connectivity index (χ3v) is 5.85. The Kier molecular flexibility index (Phi) is 4.26. The lowest BCUT2D eigenvalue weighted by Crippen LogP contribution is -2.19. The van der Waals surface area contributed by atoms with Crippen LogP contribution in [-0.4, -0.2) is 19.7 Å². The number of nitrogens with zero attached hydrogens (tertiary/aromatic N) is 2. The average Bonchev–Trinajstić information content (AvgIpc) is 3.38. The first-order valence-electron chi connectivity index (χ1n) is 9.19. The van der Waals surface area contributed by atoms with Gasteiger partial charge in [0.2, 0.25) is 0 Å². The number of phenols is 1. The molecule has 6 heteroatoms. The summed E-state index contributed by atoms with van der Waals surface area (Å²) in [6.07, 6.45) is 3.86. The van der Waals surface area contributed by atoms with Crippen LogP contribution in [0.15, 0.2) is 83.2 Å². The summed E-state index contributed by atoms with van der Waals surface area (Å²) in [4.78, 5) is 18.5. The quantitative estimate of drug-likeness (QED) is 0.460. The summed E-state index contributed by atoms with van der Waals surface area (Å²) in [6.45, 7) is 0. The van der Waals surface area contributed by atoms with E-state index >= 15 is 0 Å². The molecule has 0 spiro atoms. The number of aromatic nitrogens is 3. The van der Waals surface area contributed by atoms with Crippen molar-refractivity contribution < 1.29 is 5.11 Å². The van der Waals surface area contributed by atoms with E-state index in [4.69, 9.17) is 0 Å². The molecular formula is C23H17N3O2S. The lowest BCUT2D eigenvalue weighted by Gasteiger charge is -2.03. The summed E-state index contributed by atoms with van der Waals surface area (Å²) in [5.41, 5.74) is 5.11. The van der Waals surface area contributed by atoms with Gasteiger partial charge in [-0.05, 0) is 40.3 Å². The van der Waals surface area contributed by atoms with E-state index in [1.54, 1.807) is 35.7 Å². The molecule has 0 fully saturated rings. The molecule has 0 aliphatic rings. The molecule has 5 nitrogen and oxygen atoms in total. The summed E-state index contributed by atoms with van der Waals surface area (Å²) in [7, 11) is 0. The van der Waals surface area contributed by atoms with Gasteiger partial charge in [-0.1, -0.05) is 42.5 Å². The van der Waals surface area contributed by atoms with E-state index in [-0.39, 0.29) is 11.3 Å². The predicted molar refractivity (Wildman–Crippen MR) is 115 cm³/mol. The Morgan fingerprint density at radius 3 is 2.72 bits per heavy atom. The van der Waals surface area contributed by atoms with E-state index in [0.717, 1.165) is 27.1 Å². The SMILES string of the molecule is O=c1c(Cc2cccc(O)c2)cnc2c(-c3cc(-c4ccccc4)cs3)c[nH]n12. The van der Waals surface area contributed by atoms with Crippen molar-refractivity contribution in [3.63, 3.8) is 0 Å². The normalized spacial score (nSPS) is 11.2. The molecule has 0 aliphatic carbocycles. The van der Waals surface area contributed by atoms with Crippen LogP contribution in [0.25, 0.3) is 27.2 Å². The number of aromatic amines is 1. The third-order valence-electron chi connectivity index (χ3n) is 4.89. The Morgan fingerprint density at radius 2 is 1.90 bits per heavy atom. The van der Waals surface area contributed by atoms with Gasteiger partial charge in [-0.2, -0.15) is 0 Å². The van der Waals surface area contributed by atoms with E-state index in [0.29, 0.717) is 17.6 Å². The number of fused-ring (bicyclic) bond motifs is 1. The largest absolute Gasteiger partial charge is 0.508 e. The fraction of sp³-hybridized carbons (Fsp3) is 0.0435. The first kappa shape index (κ1) is 17.5. The van der Waals surface area contributed by atoms with E-state index in [1.807, 2.05) is 30.5 Å². The zero-order valence-corrected chi connectivity index (χ0v) is 16.2. The second-order valence-corrected chi connectivity index (χ2v) is 7.76. The maximum Gasteiger partial charge on any atom is 0.276 e. The number of hydrogen-bond donors (Lipinski definition) is 2. The van der Waals surface area contributed by atoms with E-state index in [1.165, 1.54) is 4.52 Å². The molecule has 29 heavy (non-hydrogen) atoms. The molecule has 0 saturated carbocycles. The average molecular weight is 399 g/mol. The van der Waals surface area contributed by atoms with Gasteiger partial charge in [-0.3, -0.25) is 9.89 Å². The Labute approximate surface area is 170 Å². The molecule has 0 unspecified atom stereocenters. The van der Waals surface area contributed by atoms with Gasteiger partial charge >= 0.3 is 0 Å². The van der Waals surface area contributed by atoms with Crippen LogP contribution < -0.4 is 5.56 Å². The van der Waals surface area contributed by atoms with Crippen LogP contribution in [0, 0.1) is 0 Å². The summed E-state index contributed by atoms with van der Waals surface area (Å²) < 4.78 is 1.48. The second kappa shape index (κ2) is 7.07. The monoisotopic (exact) mass is 399 g/mol. The number of hydrogen-bond acceptors (Lipinski definition) is 4. The Balaban J connectivity index is 1.52. The van der Waals surface area contributed by atoms with Crippen molar-refractivity contribution in [2.45, 2.75) is 6.42 Å². The highest BCUT2D eigenvalue weighted by molar-refractivity contribution is 7.14. The first-order chi connectivity index (χ1) is 14.2. The van der Waals surface area contributed by atoms with Crippen LogP contribution in [-0.2, 0) is 6.42 Å². The summed E-state index contributed by atoms with van der Waals surface area (Å²) in [6, 6.07) is 19.2. The highest BCUT2D eigenvalue weighted by Gasteiger charge is 2.14. The molecule has 0 atom stereocenters. The van der Waals surface area contributed by atoms with Gasteiger partial charge in [0.15, 0.2) is 5.65 Å². The topological polar surface area (TPSA) is 70.4 Å². The lowest BCUT2D eigenvalue weighted by molar-refractivity contribution is 0.474. The first-order valence-corrected chi connectivity index (χ1v) is 10.1. The molecule has 0 amide bonds. The van der Waals surface area contributed by atoms with Crippen molar-refractivity contribution in [2.24, 2.45) is 0 Å². The second-order valence-electron chi connectivity index (χ2n) is 6.85. The van der Waals surface area contributed by atoms with Gasteiger partial charge in [-0.15, -0.1) is 11.3 Å². The number of H-pyrrole nitrogens is 1. The van der Waals surface area contributed by atoms with Crippen molar-refractivity contribution in [3.05, 3.63) is 99.9 Å². The smallest absolute Gasteiger partial charge is 0.276 e. The van der Waals surface area contributed by atoms with Gasteiger partial charge in [0.05, 0.1) is 5.56 Å². The molecule has 0 aliphatic heterocycles. The molecule has 5 aromatic rings. The highest BCUT2D eigenvalue weighted by Crippen LogP contribution is 2.33. The van der Waals surface area contributed by atoms with Crippen molar-refractivity contribution >= 4 is 17.0 Å². The molecule has 0 saturated heterocycles. The van der Waals surface area contributed by atoms with E-state index in [2.05, 4.69) is 33.7 Å². The Hall–Kier alpha value is -3.64. The molecule has 0 radical (unpaired) electrons. The van der Waals surface area contributed by atoms with Crippen molar-refractivity contribution in [3.8, 4) is 27.3 Å². The molecule has 2 aromatic carbocycles. The highest BCUT2D eigenvalue weighted by atomic mass is 32.1. The molecule has 5 rings (SSSR count). The molecule has 3 aromatic heterocycles. The van der Waals surface area contributed by atoms with Crippen LogP contribution in [0.3, 0.4) is 0 Å². The number of benzene rings is 2. The van der Waals surface area contributed by atoms with E-state index in [9.17, 15) is 9.90 Å². The minimum atomic E-state index is -0.135. The van der Waals surface area contributed by atoms with Crippen LogP contribution in [0.5, 0.6) is 5.75 Å². The van der Waals surface area contributed by atoms with Gasteiger partial charge in [0, 0.05) is 29.3 Å². The number of rotatable bonds is 4. The number of nitrogens with one attached hydrogen (secondary N) is 1. The predicted octanol–water partition coefficient (Wildman–Crippen LogP) is 4.71. The fourth-order valence-corrected chi connectivity index (χ4v) is 4.37. The third kappa shape index (κ3) is 3.23. The van der Waals surface area contributed by atoms with Crippen molar-refractivity contribution in [1.29, 1.82) is 0 Å².